The molecule has 1 aliphatic heterocycles. The maximum atomic E-state index is 11.5. The molecule has 5 heteroatoms. The van der Waals surface area contributed by atoms with Gasteiger partial charge in [-0.25, -0.2) is 0 Å². The normalized spacial score (nSPS) is 24.3. The molecular weight excluding hydrogens is 338 g/mol. The van der Waals surface area contributed by atoms with Crippen LogP contribution >= 0.6 is 0 Å². The Morgan fingerprint density at radius 3 is 2.63 bits per heavy atom. The van der Waals surface area contributed by atoms with Crippen LogP contribution in [0.3, 0.4) is 0 Å². The summed E-state index contributed by atoms with van der Waals surface area (Å²) in [4.78, 5) is 13.8. The summed E-state index contributed by atoms with van der Waals surface area (Å²) in [6.07, 6.45) is 7.73. The molecule has 5 nitrogen and oxygen atoms in total. The van der Waals surface area contributed by atoms with Gasteiger partial charge in [0.05, 0.1) is 23.9 Å². The van der Waals surface area contributed by atoms with Crippen LogP contribution in [0.4, 0.5) is 0 Å². The molecular formula is C22H29N3O2. The fourth-order valence-electron chi connectivity index (χ4n) is 4.86. The minimum atomic E-state index is -0.670. The molecule has 2 atom stereocenters. The third kappa shape index (κ3) is 3.93. The van der Waals surface area contributed by atoms with Crippen molar-refractivity contribution in [1.29, 1.82) is 0 Å². The number of aliphatic carboxylic acids is 1. The molecule has 4 rings (SSSR count). The smallest absolute Gasteiger partial charge is 0.307 e. The molecule has 0 bridgehead atoms. The minimum absolute atomic E-state index is 0.265. The molecule has 1 aromatic carbocycles. The molecule has 1 aliphatic carbocycles. The van der Waals surface area contributed by atoms with Gasteiger partial charge in [-0.05, 0) is 25.2 Å². The molecule has 1 aromatic heterocycles. The van der Waals surface area contributed by atoms with Crippen molar-refractivity contribution in [3.8, 4) is 11.3 Å². The monoisotopic (exact) mass is 367 g/mol. The fourth-order valence-corrected chi connectivity index (χ4v) is 4.86. The maximum absolute atomic E-state index is 11.5. The first kappa shape index (κ1) is 18.2. The maximum Gasteiger partial charge on any atom is 0.307 e. The van der Waals surface area contributed by atoms with Gasteiger partial charge in [0, 0.05) is 30.8 Å². The Morgan fingerprint density at radius 1 is 1.19 bits per heavy atom. The van der Waals surface area contributed by atoms with Gasteiger partial charge in [0.1, 0.15) is 0 Å². The molecule has 2 aliphatic rings. The number of likely N-dealkylation sites (tertiary alicyclic amines) is 1. The van der Waals surface area contributed by atoms with E-state index in [1.807, 2.05) is 12.3 Å². The van der Waals surface area contributed by atoms with Crippen molar-refractivity contribution in [3.63, 3.8) is 0 Å². The first-order chi connectivity index (χ1) is 13.1. The van der Waals surface area contributed by atoms with Gasteiger partial charge in [0.25, 0.3) is 0 Å². The summed E-state index contributed by atoms with van der Waals surface area (Å²) >= 11 is 0. The van der Waals surface area contributed by atoms with Crippen LogP contribution in [-0.4, -0.2) is 38.8 Å². The standard InChI is InChI=1S/C22H29N3O2/c1-16-11-18(22(26)27)14-24(13-16)15-19-12-23-25(20-9-5-6-10-20)21(19)17-7-3-2-4-8-17/h2-4,7-8,12,16,18,20H,5-6,9-11,13-15H2,1H3,(H,26,27). The van der Waals surface area contributed by atoms with Crippen molar-refractivity contribution in [2.45, 2.75) is 51.6 Å². The molecule has 0 radical (unpaired) electrons. The summed E-state index contributed by atoms with van der Waals surface area (Å²) in [5.41, 5.74) is 3.63. The fraction of sp³-hybridized carbons (Fsp3) is 0.545. The highest BCUT2D eigenvalue weighted by molar-refractivity contribution is 5.70. The van der Waals surface area contributed by atoms with Crippen LogP contribution in [0.2, 0.25) is 0 Å². The van der Waals surface area contributed by atoms with Gasteiger partial charge < -0.3 is 5.11 Å². The summed E-state index contributed by atoms with van der Waals surface area (Å²) in [7, 11) is 0. The third-order valence-electron chi connectivity index (χ3n) is 6.07. The van der Waals surface area contributed by atoms with Gasteiger partial charge in [0.2, 0.25) is 0 Å². The summed E-state index contributed by atoms with van der Waals surface area (Å²) < 4.78 is 2.24. The topological polar surface area (TPSA) is 58.4 Å². The number of aromatic nitrogens is 2. The molecule has 27 heavy (non-hydrogen) atoms. The zero-order valence-corrected chi connectivity index (χ0v) is 16.1. The largest absolute Gasteiger partial charge is 0.481 e. The van der Waals surface area contributed by atoms with Crippen LogP contribution in [0.5, 0.6) is 0 Å². The first-order valence-electron chi connectivity index (χ1n) is 10.2. The van der Waals surface area contributed by atoms with E-state index >= 15 is 0 Å². The van der Waals surface area contributed by atoms with Gasteiger partial charge in [-0.3, -0.25) is 14.4 Å². The molecule has 1 saturated heterocycles. The number of benzene rings is 1. The van der Waals surface area contributed by atoms with Crippen molar-refractivity contribution in [2.75, 3.05) is 13.1 Å². The molecule has 0 amide bonds. The Hall–Kier alpha value is -2.14. The first-order valence-corrected chi connectivity index (χ1v) is 10.2. The molecule has 1 saturated carbocycles. The average molecular weight is 367 g/mol. The summed E-state index contributed by atoms with van der Waals surface area (Å²) in [5, 5.41) is 14.3. The Labute approximate surface area is 161 Å². The second-order valence-electron chi connectivity index (χ2n) is 8.34. The Balaban J connectivity index is 1.63. The van der Waals surface area contributed by atoms with E-state index in [0.29, 0.717) is 18.5 Å². The zero-order chi connectivity index (χ0) is 18.8. The van der Waals surface area contributed by atoms with Crippen molar-refractivity contribution >= 4 is 5.97 Å². The van der Waals surface area contributed by atoms with E-state index in [2.05, 4.69) is 40.8 Å². The Kier molecular flexibility index (Phi) is 5.30. The Morgan fingerprint density at radius 2 is 1.93 bits per heavy atom. The van der Waals surface area contributed by atoms with E-state index in [-0.39, 0.29) is 5.92 Å². The number of carboxylic acids is 1. The zero-order valence-electron chi connectivity index (χ0n) is 16.1. The van der Waals surface area contributed by atoms with E-state index in [0.717, 1.165) is 19.5 Å². The van der Waals surface area contributed by atoms with Crippen molar-refractivity contribution < 1.29 is 9.90 Å². The second kappa shape index (κ2) is 7.85. The minimum Gasteiger partial charge on any atom is -0.481 e. The number of hydrogen-bond acceptors (Lipinski definition) is 3. The van der Waals surface area contributed by atoms with Crippen molar-refractivity contribution in [1.82, 2.24) is 14.7 Å². The average Bonchev–Trinajstić information content (AvgIpc) is 3.31. The van der Waals surface area contributed by atoms with E-state index < -0.39 is 5.97 Å². The van der Waals surface area contributed by atoms with Crippen molar-refractivity contribution in [2.24, 2.45) is 11.8 Å². The highest BCUT2D eigenvalue weighted by Crippen LogP contribution is 2.35. The number of rotatable bonds is 5. The number of hydrogen-bond donors (Lipinski definition) is 1. The lowest BCUT2D eigenvalue weighted by Gasteiger charge is -2.34. The summed E-state index contributed by atoms with van der Waals surface area (Å²) in [6.45, 7) is 4.50. The number of carbonyl (C=O) groups is 1. The SMILES string of the molecule is CC1CC(C(=O)O)CN(Cc2cnn(C3CCCC3)c2-c2ccccc2)C1. The van der Waals surface area contributed by atoms with Crippen LogP contribution in [0, 0.1) is 11.8 Å². The quantitative estimate of drug-likeness (QED) is 0.860. The van der Waals surface area contributed by atoms with E-state index in [1.165, 1.54) is 42.5 Å². The number of piperidine rings is 1. The van der Waals surface area contributed by atoms with Crippen LogP contribution in [0.15, 0.2) is 36.5 Å². The molecule has 2 unspecified atom stereocenters. The lowest BCUT2D eigenvalue weighted by atomic mass is 9.90. The molecule has 0 spiro atoms. The van der Waals surface area contributed by atoms with Gasteiger partial charge in [0.15, 0.2) is 0 Å². The van der Waals surface area contributed by atoms with Gasteiger partial charge in [-0.1, -0.05) is 50.1 Å². The lowest BCUT2D eigenvalue weighted by Crippen LogP contribution is -2.42. The molecule has 2 heterocycles. The molecule has 2 aromatic rings. The van der Waals surface area contributed by atoms with E-state index in [9.17, 15) is 9.90 Å². The van der Waals surface area contributed by atoms with Crippen LogP contribution < -0.4 is 0 Å². The highest BCUT2D eigenvalue weighted by Gasteiger charge is 2.31. The predicted molar refractivity (Wildman–Crippen MR) is 105 cm³/mol. The second-order valence-corrected chi connectivity index (χ2v) is 8.34. The van der Waals surface area contributed by atoms with E-state index in [1.54, 1.807) is 0 Å². The summed E-state index contributed by atoms with van der Waals surface area (Å²) in [6, 6.07) is 11.0. The summed E-state index contributed by atoms with van der Waals surface area (Å²) in [5.74, 6) is -0.528. The van der Waals surface area contributed by atoms with Crippen molar-refractivity contribution in [3.05, 3.63) is 42.1 Å². The van der Waals surface area contributed by atoms with Crippen LogP contribution in [0.25, 0.3) is 11.3 Å². The van der Waals surface area contributed by atoms with Crippen LogP contribution in [-0.2, 0) is 11.3 Å². The van der Waals surface area contributed by atoms with Gasteiger partial charge >= 0.3 is 5.97 Å². The van der Waals surface area contributed by atoms with Gasteiger partial charge in [-0.15, -0.1) is 0 Å². The van der Waals surface area contributed by atoms with Crippen LogP contribution in [0.1, 0.15) is 50.6 Å². The Bertz CT molecular complexity index is 780. The lowest BCUT2D eigenvalue weighted by molar-refractivity contribution is -0.144. The number of nitrogens with zero attached hydrogens (tertiary/aromatic N) is 3. The predicted octanol–water partition coefficient (Wildman–Crippen LogP) is 4.21. The van der Waals surface area contributed by atoms with E-state index in [4.69, 9.17) is 5.10 Å². The molecule has 1 N–H and O–H groups in total. The number of carboxylic acid groups (broad SMARTS) is 1. The van der Waals surface area contributed by atoms with Gasteiger partial charge in [-0.2, -0.15) is 5.10 Å². The highest BCUT2D eigenvalue weighted by atomic mass is 16.4. The molecule has 144 valence electrons. The third-order valence-corrected chi connectivity index (χ3v) is 6.07. The molecule has 2 fully saturated rings.